The molecule has 0 spiro atoms. The molecule has 1 heterocycles. The molecule has 3 heteroatoms. The lowest BCUT2D eigenvalue weighted by molar-refractivity contribution is 0.517. The Balaban J connectivity index is 3.05. The lowest BCUT2D eigenvalue weighted by atomic mass is 10.9. The lowest BCUT2D eigenvalue weighted by Crippen LogP contribution is -1.62. The monoisotopic (exact) mass is 85.0 g/mol. The van der Waals surface area contributed by atoms with Gasteiger partial charge in [-0.05, 0) is 0 Å². The van der Waals surface area contributed by atoms with Crippen LogP contribution in [0.5, 0.6) is 0 Å². The van der Waals surface area contributed by atoms with Crippen LogP contribution in [0.1, 0.15) is 0 Å². The maximum Gasteiger partial charge on any atom is 0.287 e. The zero-order valence-electron chi connectivity index (χ0n) is 2.73. The minimum atomic E-state index is -0.755. The molecule has 0 saturated heterocycles. The Bertz CT molecular complexity index is 114. The van der Waals surface area contributed by atoms with Crippen molar-refractivity contribution in [2.24, 2.45) is 0 Å². The van der Waals surface area contributed by atoms with E-state index in [1.54, 1.807) is 6.26 Å². The third-order valence-electron chi connectivity index (χ3n) is 0.325. The highest BCUT2D eigenvalue weighted by Gasteiger charge is 1.86. The summed E-state index contributed by atoms with van der Waals surface area (Å²) in [7, 11) is 0. The number of halogens is 1. The van der Waals surface area contributed by atoms with Crippen LogP contribution in [-0.4, -0.2) is 4.98 Å². The molecule has 0 aliphatic heterocycles. The molecule has 2 radical (unpaired) electrons. The molecule has 0 bridgehead atoms. The molecule has 0 fully saturated rings. The van der Waals surface area contributed by atoms with Crippen LogP contribution in [0.15, 0.2) is 4.42 Å². The molecular formula is C3FNO. The van der Waals surface area contributed by atoms with E-state index in [2.05, 4.69) is 9.40 Å². The third-order valence-corrected chi connectivity index (χ3v) is 0.325. The Morgan fingerprint density at radius 2 is 2.67 bits per heavy atom. The molecule has 0 aliphatic rings. The van der Waals surface area contributed by atoms with Crippen molar-refractivity contribution in [3.05, 3.63) is 18.6 Å². The molecule has 0 amide bonds. The molecule has 0 aliphatic carbocycles. The van der Waals surface area contributed by atoms with Gasteiger partial charge >= 0.3 is 0 Å². The highest BCUT2D eigenvalue weighted by Crippen LogP contribution is 1.84. The highest BCUT2D eigenvalue weighted by molar-refractivity contribution is 4.60. The predicted molar refractivity (Wildman–Crippen MR) is 14.1 cm³/mol. The van der Waals surface area contributed by atoms with E-state index in [0.717, 1.165) is 0 Å². The Kier molecular flexibility index (Phi) is 0.602. The molecule has 0 N–H and O–H groups in total. The largest absolute Gasteiger partial charge is 0.425 e. The number of rotatable bonds is 0. The molecule has 1 rings (SSSR count). The summed E-state index contributed by atoms with van der Waals surface area (Å²) in [6.07, 6.45) is 3.67. The first-order valence-electron chi connectivity index (χ1n) is 1.29. The second-order valence-electron chi connectivity index (χ2n) is 0.698. The minimum Gasteiger partial charge on any atom is -0.425 e. The maximum atomic E-state index is 11.4. The molecule has 6 heavy (non-hydrogen) atoms. The van der Waals surface area contributed by atoms with Crippen LogP contribution in [0, 0.1) is 18.6 Å². The molecular weight excluding hydrogens is 85.0 g/mol. The van der Waals surface area contributed by atoms with Gasteiger partial charge in [-0.2, -0.15) is 9.37 Å². The number of hydrogen-bond acceptors (Lipinski definition) is 2. The molecule has 1 aromatic rings. The summed E-state index contributed by atoms with van der Waals surface area (Å²) in [4.78, 5) is 2.90. The first kappa shape index (κ1) is 3.33. The fourth-order valence-corrected chi connectivity index (χ4v) is 0.151. The van der Waals surface area contributed by atoms with Crippen molar-refractivity contribution in [1.82, 2.24) is 4.98 Å². The number of hydrogen-bond donors (Lipinski definition) is 0. The van der Waals surface area contributed by atoms with Crippen molar-refractivity contribution in [2.45, 2.75) is 0 Å². The molecule has 1 aromatic heterocycles. The maximum absolute atomic E-state index is 11.4. The fourth-order valence-electron chi connectivity index (χ4n) is 0.151. The van der Waals surface area contributed by atoms with E-state index in [4.69, 9.17) is 0 Å². The zero-order valence-corrected chi connectivity index (χ0v) is 2.73. The van der Waals surface area contributed by atoms with E-state index < -0.39 is 5.95 Å². The average Bonchev–Trinajstić information content (AvgIpc) is 1.86. The van der Waals surface area contributed by atoms with Crippen LogP contribution in [-0.2, 0) is 0 Å². The van der Waals surface area contributed by atoms with Crippen molar-refractivity contribution >= 4 is 0 Å². The van der Waals surface area contributed by atoms with Gasteiger partial charge in [-0.1, -0.05) is 0 Å². The Labute approximate surface area is 33.6 Å². The second-order valence-corrected chi connectivity index (χ2v) is 0.698. The Morgan fingerprint density at radius 1 is 1.83 bits per heavy atom. The first-order valence-corrected chi connectivity index (χ1v) is 1.29. The minimum absolute atomic E-state index is 0.755. The van der Waals surface area contributed by atoms with Crippen molar-refractivity contribution in [2.75, 3.05) is 0 Å². The normalized spacial score (nSPS) is 8.83. The zero-order chi connectivity index (χ0) is 4.41. The SMILES string of the molecule is Fc1[c]o[c]n1. The van der Waals surface area contributed by atoms with Gasteiger partial charge in [0.15, 0.2) is 0 Å². The van der Waals surface area contributed by atoms with Gasteiger partial charge in [-0.15, -0.1) is 0 Å². The molecule has 0 aromatic carbocycles. The topological polar surface area (TPSA) is 26.0 Å². The van der Waals surface area contributed by atoms with E-state index in [0.29, 0.717) is 0 Å². The standard InChI is InChI=1S/C3FNO/c4-3-1-6-2-5-3. The van der Waals surface area contributed by atoms with Gasteiger partial charge in [0.25, 0.3) is 12.3 Å². The Hall–Kier alpha value is -0.860. The van der Waals surface area contributed by atoms with Gasteiger partial charge in [0, 0.05) is 0 Å². The van der Waals surface area contributed by atoms with E-state index in [9.17, 15) is 4.39 Å². The lowest BCUT2D eigenvalue weighted by Gasteiger charge is -1.54. The molecule has 0 unspecified atom stereocenters. The van der Waals surface area contributed by atoms with Gasteiger partial charge in [0.2, 0.25) is 6.26 Å². The van der Waals surface area contributed by atoms with Gasteiger partial charge in [0.1, 0.15) is 0 Å². The van der Waals surface area contributed by atoms with Crippen LogP contribution < -0.4 is 0 Å². The van der Waals surface area contributed by atoms with E-state index >= 15 is 0 Å². The number of nitrogens with zero attached hydrogens (tertiary/aromatic N) is 1. The Morgan fingerprint density at radius 3 is 2.83 bits per heavy atom. The van der Waals surface area contributed by atoms with Crippen LogP contribution >= 0.6 is 0 Å². The fraction of sp³-hybridized carbons (Fsp3) is 0. The van der Waals surface area contributed by atoms with Gasteiger partial charge in [-0.25, -0.2) is 0 Å². The van der Waals surface area contributed by atoms with E-state index in [1.165, 1.54) is 0 Å². The second kappa shape index (κ2) is 1.08. The first-order chi connectivity index (χ1) is 2.89. The van der Waals surface area contributed by atoms with Crippen LogP contribution in [0.4, 0.5) is 4.39 Å². The number of aromatic nitrogens is 1. The summed E-state index contributed by atoms with van der Waals surface area (Å²) in [6.45, 7) is 0. The summed E-state index contributed by atoms with van der Waals surface area (Å²) in [5.41, 5.74) is 0. The summed E-state index contributed by atoms with van der Waals surface area (Å²) < 4.78 is 15.4. The summed E-state index contributed by atoms with van der Waals surface area (Å²) in [5.74, 6) is -0.755. The van der Waals surface area contributed by atoms with Gasteiger partial charge in [0.05, 0.1) is 0 Å². The van der Waals surface area contributed by atoms with E-state index in [-0.39, 0.29) is 0 Å². The van der Waals surface area contributed by atoms with Crippen molar-refractivity contribution in [3.8, 4) is 0 Å². The smallest absolute Gasteiger partial charge is 0.287 e. The van der Waals surface area contributed by atoms with Gasteiger partial charge in [-0.3, -0.25) is 0 Å². The van der Waals surface area contributed by atoms with E-state index in [1.807, 2.05) is 6.39 Å². The van der Waals surface area contributed by atoms with Crippen LogP contribution in [0.3, 0.4) is 0 Å². The van der Waals surface area contributed by atoms with Crippen LogP contribution in [0.2, 0.25) is 0 Å². The molecule has 30 valence electrons. The summed E-state index contributed by atoms with van der Waals surface area (Å²) >= 11 is 0. The summed E-state index contributed by atoms with van der Waals surface area (Å²) in [6, 6.07) is 0. The quantitative estimate of drug-likeness (QED) is 0.456. The number of oxazole rings is 1. The van der Waals surface area contributed by atoms with Gasteiger partial charge < -0.3 is 4.42 Å². The van der Waals surface area contributed by atoms with Crippen molar-refractivity contribution < 1.29 is 8.81 Å². The highest BCUT2D eigenvalue weighted by atomic mass is 19.1. The predicted octanol–water partition coefficient (Wildman–Crippen LogP) is 0.414. The molecule has 2 nitrogen and oxygen atoms in total. The van der Waals surface area contributed by atoms with Crippen molar-refractivity contribution in [3.63, 3.8) is 0 Å². The summed E-state index contributed by atoms with van der Waals surface area (Å²) in [5, 5.41) is 0. The van der Waals surface area contributed by atoms with Crippen molar-refractivity contribution in [1.29, 1.82) is 0 Å². The average molecular weight is 85.0 g/mol. The van der Waals surface area contributed by atoms with Crippen LogP contribution in [0.25, 0.3) is 0 Å². The molecule has 0 atom stereocenters. The third kappa shape index (κ3) is 0.381. The molecule has 0 saturated carbocycles.